The molecule has 0 spiro atoms. The van der Waals surface area contributed by atoms with E-state index in [9.17, 15) is 5.11 Å². The quantitative estimate of drug-likeness (QED) is 0.854. The van der Waals surface area contributed by atoms with E-state index in [0.29, 0.717) is 18.0 Å². The molecular formula is C20H24N2O4. The van der Waals surface area contributed by atoms with Gasteiger partial charge in [0.25, 0.3) is 0 Å². The van der Waals surface area contributed by atoms with Crippen molar-refractivity contribution in [2.24, 2.45) is 0 Å². The summed E-state index contributed by atoms with van der Waals surface area (Å²) in [7, 11) is 0. The minimum atomic E-state index is -0.524. The van der Waals surface area contributed by atoms with Crippen LogP contribution in [0.4, 0.5) is 5.69 Å². The molecule has 138 valence electrons. The lowest BCUT2D eigenvalue weighted by molar-refractivity contribution is 0.0662. The summed E-state index contributed by atoms with van der Waals surface area (Å²) in [5.74, 6) is 2.10. The third kappa shape index (κ3) is 4.03. The highest BCUT2D eigenvalue weighted by atomic mass is 16.7. The van der Waals surface area contributed by atoms with Crippen molar-refractivity contribution in [3.05, 3.63) is 48.5 Å². The second kappa shape index (κ2) is 7.85. The Bertz CT molecular complexity index is 717. The van der Waals surface area contributed by atoms with Crippen molar-refractivity contribution >= 4 is 5.69 Å². The highest BCUT2D eigenvalue weighted by Crippen LogP contribution is 2.35. The van der Waals surface area contributed by atoms with Crippen LogP contribution in [0.15, 0.2) is 48.5 Å². The highest BCUT2D eigenvalue weighted by molar-refractivity contribution is 5.47. The van der Waals surface area contributed by atoms with Gasteiger partial charge in [-0.05, 0) is 24.3 Å². The SMILES string of the molecule is OC(COc1ccc2c(c1)OCO2)CN1CCN(c2ccccc2)CC1. The topological polar surface area (TPSA) is 54.4 Å². The first kappa shape index (κ1) is 17.0. The molecule has 1 N–H and O–H groups in total. The number of fused-ring (bicyclic) bond motifs is 1. The van der Waals surface area contributed by atoms with E-state index >= 15 is 0 Å². The minimum Gasteiger partial charge on any atom is -0.491 e. The van der Waals surface area contributed by atoms with Gasteiger partial charge in [-0.3, -0.25) is 4.90 Å². The second-order valence-corrected chi connectivity index (χ2v) is 6.60. The molecule has 1 atom stereocenters. The number of anilines is 1. The maximum atomic E-state index is 10.3. The first-order valence-corrected chi connectivity index (χ1v) is 9.01. The molecule has 1 unspecified atom stereocenters. The summed E-state index contributed by atoms with van der Waals surface area (Å²) in [4.78, 5) is 4.67. The number of aliphatic hydroxyl groups is 1. The number of hydrogen-bond acceptors (Lipinski definition) is 6. The van der Waals surface area contributed by atoms with Crippen molar-refractivity contribution in [3.63, 3.8) is 0 Å². The largest absolute Gasteiger partial charge is 0.491 e. The summed E-state index contributed by atoms with van der Waals surface area (Å²) in [5.41, 5.74) is 1.26. The number of benzene rings is 2. The molecule has 0 aromatic heterocycles. The van der Waals surface area contributed by atoms with E-state index in [0.717, 1.165) is 31.9 Å². The lowest BCUT2D eigenvalue weighted by atomic mass is 10.2. The number of aliphatic hydroxyl groups excluding tert-OH is 1. The van der Waals surface area contributed by atoms with Gasteiger partial charge >= 0.3 is 0 Å². The Hall–Kier alpha value is -2.44. The minimum absolute atomic E-state index is 0.246. The standard InChI is InChI=1S/C20H24N2O4/c23-17(14-24-18-6-7-19-20(12-18)26-15-25-19)13-21-8-10-22(11-9-21)16-4-2-1-3-5-16/h1-7,12,17,23H,8-11,13-15H2. The van der Waals surface area contributed by atoms with Crippen molar-refractivity contribution in [2.45, 2.75) is 6.10 Å². The fraction of sp³-hybridized carbons (Fsp3) is 0.400. The number of piperazine rings is 1. The monoisotopic (exact) mass is 356 g/mol. The van der Waals surface area contributed by atoms with Crippen molar-refractivity contribution in [1.29, 1.82) is 0 Å². The smallest absolute Gasteiger partial charge is 0.231 e. The maximum absolute atomic E-state index is 10.3. The van der Waals surface area contributed by atoms with Gasteiger partial charge in [-0.25, -0.2) is 0 Å². The summed E-state index contributed by atoms with van der Waals surface area (Å²) in [6.07, 6.45) is -0.524. The number of para-hydroxylation sites is 1. The molecule has 0 bridgehead atoms. The average molecular weight is 356 g/mol. The van der Waals surface area contributed by atoms with E-state index in [1.54, 1.807) is 6.07 Å². The van der Waals surface area contributed by atoms with Gasteiger partial charge in [0, 0.05) is 44.5 Å². The van der Waals surface area contributed by atoms with E-state index in [2.05, 4.69) is 34.1 Å². The Morgan fingerprint density at radius 1 is 0.962 bits per heavy atom. The van der Waals surface area contributed by atoms with E-state index < -0.39 is 6.10 Å². The summed E-state index contributed by atoms with van der Waals surface area (Å²) >= 11 is 0. The molecule has 2 heterocycles. The zero-order valence-corrected chi connectivity index (χ0v) is 14.7. The van der Waals surface area contributed by atoms with Crippen LogP contribution in [0.3, 0.4) is 0 Å². The van der Waals surface area contributed by atoms with Crippen LogP contribution in [0.5, 0.6) is 17.2 Å². The van der Waals surface area contributed by atoms with Crippen molar-refractivity contribution in [1.82, 2.24) is 4.90 Å². The number of nitrogens with zero attached hydrogens (tertiary/aromatic N) is 2. The molecule has 1 fully saturated rings. The van der Waals surface area contributed by atoms with Gasteiger partial charge in [0.2, 0.25) is 6.79 Å². The lowest BCUT2D eigenvalue weighted by Crippen LogP contribution is -2.49. The second-order valence-electron chi connectivity index (χ2n) is 6.60. The van der Waals surface area contributed by atoms with Gasteiger partial charge in [0.05, 0.1) is 0 Å². The van der Waals surface area contributed by atoms with E-state index in [1.165, 1.54) is 5.69 Å². The summed E-state index contributed by atoms with van der Waals surface area (Å²) in [6, 6.07) is 15.9. The van der Waals surface area contributed by atoms with Crippen LogP contribution in [0.25, 0.3) is 0 Å². The van der Waals surface area contributed by atoms with E-state index in [4.69, 9.17) is 14.2 Å². The van der Waals surface area contributed by atoms with Crippen molar-refractivity contribution in [3.8, 4) is 17.2 Å². The first-order valence-electron chi connectivity index (χ1n) is 9.01. The van der Waals surface area contributed by atoms with Crippen LogP contribution in [-0.4, -0.2) is 62.2 Å². The van der Waals surface area contributed by atoms with E-state index in [1.807, 2.05) is 18.2 Å². The molecule has 2 aromatic rings. The van der Waals surface area contributed by atoms with Gasteiger partial charge in [-0.2, -0.15) is 0 Å². The maximum Gasteiger partial charge on any atom is 0.231 e. The molecule has 6 nitrogen and oxygen atoms in total. The highest BCUT2D eigenvalue weighted by Gasteiger charge is 2.20. The predicted octanol–water partition coefficient (Wildman–Crippen LogP) is 1.98. The molecule has 2 aliphatic rings. The Balaban J connectivity index is 1.21. The summed E-state index contributed by atoms with van der Waals surface area (Å²) < 4.78 is 16.3. The lowest BCUT2D eigenvalue weighted by Gasteiger charge is -2.36. The molecule has 2 aliphatic heterocycles. The third-order valence-electron chi connectivity index (χ3n) is 4.75. The fourth-order valence-corrected chi connectivity index (χ4v) is 3.34. The molecule has 0 amide bonds. The fourth-order valence-electron chi connectivity index (χ4n) is 3.34. The number of hydrogen-bond donors (Lipinski definition) is 1. The van der Waals surface area contributed by atoms with Crippen LogP contribution in [0.2, 0.25) is 0 Å². The third-order valence-corrected chi connectivity index (χ3v) is 4.75. The zero-order chi connectivity index (χ0) is 17.8. The van der Waals surface area contributed by atoms with E-state index in [-0.39, 0.29) is 13.4 Å². The molecule has 0 radical (unpaired) electrons. The van der Waals surface area contributed by atoms with Crippen LogP contribution in [-0.2, 0) is 0 Å². The number of ether oxygens (including phenoxy) is 3. The Morgan fingerprint density at radius 3 is 2.54 bits per heavy atom. The Morgan fingerprint density at radius 2 is 1.73 bits per heavy atom. The zero-order valence-electron chi connectivity index (χ0n) is 14.7. The first-order chi connectivity index (χ1) is 12.8. The van der Waals surface area contributed by atoms with Crippen LogP contribution >= 0.6 is 0 Å². The summed E-state index contributed by atoms with van der Waals surface area (Å²) in [6.45, 7) is 4.95. The summed E-state index contributed by atoms with van der Waals surface area (Å²) in [5, 5.41) is 10.3. The normalized spacial score (nSPS) is 18.0. The molecule has 0 aliphatic carbocycles. The molecule has 6 heteroatoms. The molecule has 4 rings (SSSR count). The van der Waals surface area contributed by atoms with Gasteiger partial charge in [-0.15, -0.1) is 0 Å². The molecule has 26 heavy (non-hydrogen) atoms. The molecular weight excluding hydrogens is 332 g/mol. The number of β-amino-alcohol motifs (C(OH)–C–C–N with tert-alkyl or cyclic N) is 1. The van der Waals surface area contributed by atoms with Crippen LogP contribution < -0.4 is 19.1 Å². The van der Waals surface area contributed by atoms with Gasteiger partial charge in [0.1, 0.15) is 18.5 Å². The van der Waals surface area contributed by atoms with Gasteiger partial charge in [0.15, 0.2) is 11.5 Å². The average Bonchev–Trinajstić information content (AvgIpc) is 3.15. The van der Waals surface area contributed by atoms with Crippen molar-refractivity contribution in [2.75, 3.05) is 51.0 Å². The van der Waals surface area contributed by atoms with Crippen LogP contribution in [0.1, 0.15) is 0 Å². The Labute approximate surface area is 153 Å². The van der Waals surface area contributed by atoms with Crippen LogP contribution in [0, 0.1) is 0 Å². The van der Waals surface area contributed by atoms with Gasteiger partial charge in [-0.1, -0.05) is 18.2 Å². The predicted molar refractivity (Wildman–Crippen MR) is 99.2 cm³/mol. The van der Waals surface area contributed by atoms with Gasteiger partial charge < -0.3 is 24.2 Å². The Kier molecular flexibility index (Phi) is 5.13. The van der Waals surface area contributed by atoms with Crippen molar-refractivity contribution < 1.29 is 19.3 Å². The molecule has 1 saturated heterocycles. The molecule has 0 saturated carbocycles. The molecule has 2 aromatic carbocycles. The number of rotatable bonds is 6.